The summed E-state index contributed by atoms with van der Waals surface area (Å²) >= 11 is 0. The summed E-state index contributed by atoms with van der Waals surface area (Å²) in [6.07, 6.45) is 4.76. The van der Waals surface area contributed by atoms with Gasteiger partial charge in [0, 0.05) is 18.1 Å². The van der Waals surface area contributed by atoms with Gasteiger partial charge in [-0.2, -0.15) is 0 Å². The normalized spacial score (nSPS) is 10.4. The number of amides is 1. The van der Waals surface area contributed by atoms with E-state index in [0.29, 0.717) is 5.69 Å². The molecule has 2 aromatic heterocycles. The van der Waals surface area contributed by atoms with Crippen molar-refractivity contribution in [2.45, 2.75) is 6.54 Å². The first-order valence-corrected chi connectivity index (χ1v) is 6.74. The minimum atomic E-state index is -0.402. The lowest BCUT2D eigenvalue weighted by Gasteiger charge is -2.22. The van der Waals surface area contributed by atoms with Crippen molar-refractivity contribution in [3.05, 3.63) is 84.3 Å². The molecule has 0 fully saturated rings. The number of furan rings is 1. The molecular weight excluding hydrogens is 283 g/mol. The fourth-order valence-electron chi connectivity index (χ4n) is 2.13. The number of aromatic nitrogens is 1. The van der Waals surface area contributed by atoms with E-state index in [1.807, 2.05) is 6.07 Å². The van der Waals surface area contributed by atoms with E-state index in [1.54, 1.807) is 42.7 Å². The minimum Gasteiger partial charge on any atom is -0.459 e. The summed E-state index contributed by atoms with van der Waals surface area (Å²) in [7, 11) is 0. The van der Waals surface area contributed by atoms with E-state index >= 15 is 0 Å². The standard InChI is InChI=1S/C17H13FN2O2/c18-14-5-1-6-15(10-14)20(12-13-4-2-8-19-11-13)17(21)16-7-3-9-22-16/h1-11H,12H2. The summed E-state index contributed by atoms with van der Waals surface area (Å²) in [4.78, 5) is 18.1. The highest BCUT2D eigenvalue weighted by Crippen LogP contribution is 2.21. The molecule has 0 radical (unpaired) electrons. The van der Waals surface area contributed by atoms with Gasteiger partial charge < -0.3 is 9.32 Å². The Kier molecular flexibility index (Phi) is 3.96. The molecule has 0 spiro atoms. The van der Waals surface area contributed by atoms with Crippen LogP contribution in [0.5, 0.6) is 0 Å². The lowest BCUT2D eigenvalue weighted by molar-refractivity contribution is 0.0958. The van der Waals surface area contributed by atoms with Crippen molar-refractivity contribution >= 4 is 11.6 Å². The Morgan fingerprint density at radius 3 is 2.77 bits per heavy atom. The Morgan fingerprint density at radius 1 is 1.18 bits per heavy atom. The quantitative estimate of drug-likeness (QED) is 0.738. The zero-order valence-corrected chi connectivity index (χ0v) is 11.6. The summed E-state index contributed by atoms with van der Waals surface area (Å²) in [5, 5.41) is 0. The van der Waals surface area contributed by atoms with E-state index in [1.165, 1.54) is 23.3 Å². The summed E-state index contributed by atoms with van der Waals surface area (Å²) < 4.78 is 18.7. The van der Waals surface area contributed by atoms with E-state index in [9.17, 15) is 9.18 Å². The van der Waals surface area contributed by atoms with Crippen molar-refractivity contribution in [2.75, 3.05) is 4.90 Å². The lowest BCUT2D eigenvalue weighted by atomic mass is 10.2. The molecule has 0 saturated carbocycles. The number of rotatable bonds is 4. The highest BCUT2D eigenvalue weighted by molar-refractivity contribution is 6.04. The minimum absolute atomic E-state index is 0.202. The lowest BCUT2D eigenvalue weighted by Crippen LogP contribution is -2.30. The average molecular weight is 296 g/mol. The molecule has 0 atom stereocenters. The first kappa shape index (κ1) is 14.0. The van der Waals surface area contributed by atoms with Crippen LogP contribution < -0.4 is 4.90 Å². The maximum Gasteiger partial charge on any atom is 0.294 e. The van der Waals surface area contributed by atoms with E-state index in [4.69, 9.17) is 4.42 Å². The van der Waals surface area contributed by atoms with Gasteiger partial charge in [-0.1, -0.05) is 12.1 Å². The number of halogens is 1. The van der Waals surface area contributed by atoms with Gasteiger partial charge in [0.25, 0.3) is 5.91 Å². The molecule has 0 N–H and O–H groups in total. The van der Waals surface area contributed by atoms with Crippen LogP contribution in [0.3, 0.4) is 0 Å². The molecule has 1 aromatic carbocycles. The third-order valence-corrected chi connectivity index (χ3v) is 3.16. The second-order valence-electron chi connectivity index (χ2n) is 4.71. The summed E-state index contributed by atoms with van der Waals surface area (Å²) in [5.41, 5.74) is 1.30. The van der Waals surface area contributed by atoms with Gasteiger partial charge in [0.1, 0.15) is 5.82 Å². The molecule has 0 aliphatic rings. The van der Waals surface area contributed by atoms with Gasteiger partial charge in [0.2, 0.25) is 0 Å². The van der Waals surface area contributed by atoms with E-state index in [0.717, 1.165) is 5.56 Å². The van der Waals surface area contributed by atoms with Gasteiger partial charge in [-0.3, -0.25) is 9.78 Å². The van der Waals surface area contributed by atoms with Gasteiger partial charge in [-0.25, -0.2) is 4.39 Å². The van der Waals surface area contributed by atoms with Gasteiger partial charge in [0.15, 0.2) is 5.76 Å². The number of anilines is 1. The summed E-state index contributed by atoms with van der Waals surface area (Å²) in [6.45, 7) is 0.275. The van der Waals surface area contributed by atoms with Crippen LogP contribution in [0, 0.1) is 5.82 Å². The molecular formula is C17H13FN2O2. The SMILES string of the molecule is O=C(c1ccco1)N(Cc1cccnc1)c1cccc(F)c1. The maximum atomic E-state index is 13.5. The largest absolute Gasteiger partial charge is 0.459 e. The molecule has 0 unspecified atom stereocenters. The Labute approximate surface area is 126 Å². The molecule has 0 bridgehead atoms. The average Bonchev–Trinajstić information content (AvgIpc) is 3.07. The van der Waals surface area contributed by atoms with Crippen LogP contribution in [0.1, 0.15) is 16.1 Å². The maximum absolute atomic E-state index is 13.5. The van der Waals surface area contributed by atoms with Gasteiger partial charge in [-0.15, -0.1) is 0 Å². The van der Waals surface area contributed by atoms with E-state index < -0.39 is 5.82 Å². The van der Waals surface area contributed by atoms with Crippen molar-refractivity contribution in [3.8, 4) is 0 Å². The highest BCUT2D eigenvalue weighted by atomic mass is 19.1. The number of benzene rings is 1. The van der Waals surface area contributed by atoms with E-state index in [2.05, 4.69) is 4.98 Å². The van der Waals surface area contributed by atoms with Crippen LogP contribution in [0.4, 0.5) is 10.1 Å². The second-order valence-corrected chi connectivity index (χ2v) is 4.71. The number of nitrogens with zero attached hydrogens (tertiary/aromatic N) is 2. The van der Waals surface area contributed by atoms with Crippen LogP contribution in [0.25, 0.3) is 0 Å². The molecule has 5 heteroatoms. The van der Waals surface area contributed by atoms with Gasteiger partial charge >= 0.3 is 0 Å². The number of carbonyl (C=O) groups is 1. The third kappa shape index (κ3) is 3.03. The zero-order valence-electron chi connectivity index (χ0n) is 11.6. The van der Waals surface area contributed by atoms with Gasteiger partial charge in [-0.05, 0) is 42.0 Å². The van der Waals surface area contributed by atoms with Crippen LogP contribution in [-0.4, -0.2) is 10.9 Å². The van der Waals surface area contributed by atoms with Crippen molar-refractivity contribution in [1.82, 2.24) is 4.98 Å². The molecule has 22 heavy (non-hydrogen) atoms. The van der Waals surface area contributed by atoms with E-state index in [-0.39, 0.29) is 18.2 Å². The van der Waals surface area contributed by atoms with Crippen molar-refractivity contribution in [1.29, 1.82) is 0 Å². The molecule has 4 nitrogen and oxygen atoms in total. The molecule has 110 valence electrons. The van der Waals surface area contributed by atoms with Crippen molar-refractivity contribution < 1.29 is 13.6 Å². The van der Waals surface area contributed by atoms with Crippen molar-refractivity contribution in [2.24, 2.45) is 0 Å². The first-order chi connectivity index (χ1) is 10.7. The van der Waals surface area contributed by atoms with Gasteiger partial charge in [0.05, 0.1) is 12.8 Å². The first-order valence-electron chi connectivity index (χ1n) is 6.74. The van der Waals surface area contributed by atoms with Crippen molar-refractivity contribution in [3.63, 3.8) is 0 Å². The Morgan fingerprint density at radius 2 is 2.09 bits per heavy atom. The Balaban J connectivity index is 1.96. The number of hydrogen-bond donors (Lipinski definition) is 0. The molecule has 0 saturated heterocycles. The van der Waals surface area contributed by atoms with Crippen LogP contribution in [0.15, 0.2) is 71.6 Å². The summed E-state index contributed by atoms with van der Waals surface area (Å²) in [5.74, 6) is -0.534. The fourth-order valence-corrected chi connectivity index (χ4v) is 2.13. The number of pyridine rings is 1. The molecule has 0 aliphatic carbocycles. The molecule has 0 aliphatic heterocycles. The Hall–Kier alpha value is -2.95. The smallest absolute Gasteiger partial charge is 0.294 e. The van der Waals surface area contributed by atoms with Crippen LogP contribution in [0.2, 0.25) is 0 Å². The predicted molar refractivity (Wildman–Crippen MR) is 79.9 cm³/mol. The molecule has 1 amide bonds. The third-order valence-electron chi connectivity index (χ3n) is 3.16. The molecule has 3 rings (SSSR count). The number of hydrogen-bond acceptors (Lipinski definition) is 3. The zero-order chi connectivity index (χ0) is 15.4. The second kappa shape index (κ2) is 6.22. The summed E-state index contributed by atoms with van der Waals surface area (Å²) in [6, 6.07) is 12.8. The Bertz CT molecular complexity index is 757. The predicted octanol–water partition coefficient (Wildman–Crippen LogP) is 3.66. The van der Waals surface area contributed by atoms with Crippen LogP contribution >= 0.6 is 0 Å². The fraction of sp³-hybridized carbons (Fsp3) is 0.0588. The topological polar surface area (TPSA) is 46.3 Å². The molecule has 3 aromatic rings. The highest BCUT2D eigenvalue weighted by Gasteiger charge is 2.20. The molecule has 2 heterocycles. The monoisotopic (exact) mass is 296 g/mol. The number of carbonyl (C=O) groups excluding carboxylic acids is 1. The van der Waals surface area contributed by atoms with Crippen LogP contribution in [-0.2, 0) is 6.54 Å².